The zero-order valence-corrected chi connectivity index (χ0v) is 14.3. The van der Waals surface area contributed by atoms with E-state index in [0.717, 1.165) is 11.1 Å². The first-order valence-corrected chi connectivity index (χ1v) is 8.33. The lowest BCUT2D eigenvalue weighted by atomic mass is 10.0. The van der Waals surface area contributed by atoms with Crippen molar-refractivity contribution in [1.82, 2.24) is 9.80 Å². The third-order valence-electron chi connectivity index (χ3n) is 4.42. The molecule has 1 fully saturated rings. The van der Waals surface area contributed by atoms with Gasteiger partial charge in [-0.2, -0.15) is 0 Å². The van der Waals surface area contributed by atoms with E-state index >= 15 is 0 Å². The van der Waals surface area contributed by atoms with Crippen LogP contribution in [0.25, 0.3) is 0 Å². The largest absolute Gasteiger partial charge is 0.370 e. The monoisotopic (exact) mass is 324 g/mol. The molecule has 0 radical (unpaired) electrons. The summed E-state index contributed by atoms with van der Waals surface area (Å²) in [5.74, 6) is 0.135. The lowest BCUT2D eigenvalue weighted by Crippen LogP contribution is -2.47. The molecular formula is C20H24N2O2. The molecule has 0 bridgehead atoms. The van der Waals surface area contributed by atoms with E-state index in [0.29, 0.717) is 19.7 Å². The summed E-state index contributed by atoms with van der Waals surface area (Å²) in [6, 6.07) is 19.8. The Morgan fingerprint density at radius 1 is 1.08 bits per heavy atom. The Kier molecular flexibility index (Phi) is 5.28. The summed E-state index contributed by atoms with van der Waals surface area (Å²) in [6.07, 6.45) is -0.0533. The number of benzene rings is 2. The molecule has 2 unspecified atom stereocenters. The van der Waals surface area contributed by atoms with Crippen LogP contribution in [-0.4, -0.2) is 49.5 Å². The summed E-state index contributed by atoms with van der Waals surface area (Å²) in [4.78, 5) is 17.1. The molecule has 24 heavy (non-hydrogen) atoms. The quantitative estimate of drug-likeness (QED) is 0.867. The van der Waals surface area contributed by atoms with E-state index in [-0.39, 0.29) is 18.1 Å². The van der Waals surface area contributed by atoms with Gasteiger partial charge in [0.15, 0.2) is 0 Å². The number of hydrogen-bond acceptors (Lipinski definition) is 3. The van der Waals surface area contributed by atoms with Crippen LogP contribution in [0, 0.1) is 0 Å². The van der Waals surface area contributed by atoms with E-state index in [1.54, 1.807) is 0 Å². The van der Waals surface area contributed by atoms with Gasteiger partial charge in [-0.1, -0.05) is 60.7 Å². The summed E-state index contributed by atoms with van der Waals surface area (Å²) >= 11 is 0. The molecule has 1 aliphatic heterocycles. The number of nitrogens with zero attached hydrogens (tertiary/aromatic N) is 2. The molecule has 0 saturated carbocycles. The van der Waals surface area contributed by atoms with Gasteiger partial charge in [-0.3, -0.25) is 9.69 Å². The van der Waals surface area contributed by atoms with Crippen molar-refractivity contribution in [2.24, 2.45) is 0 Å². The Balaban J connectivity index is 1.78. The van der Waals surface area contributed by atoms with Crippen molar-refractivity contribution in [3.63, 3.8) is 0 Å². The summed E-state index contributed by atoms with van der Waals surface area (Å²) in [7, 11) is 3.90. The molecule has 126 valence electrons. The molecule has 0 spiro atoms. The average Bonchev–Trinajstić information content (AvgIpc) is 2.63. The Morgan fingerprint density at radius 2 is 1.71 bits per heavy atom. The lowest BCUT2D eigenvalue weighted by Gasteiger charge is -2.37. The van der Waals surface area contributed by atoms with E-state index in [1.165, 1.54) is 0 Å². The van der Waals surface area contributed by atoms with Crippen LogP contribution in [0.15, 0.2) is 60.7 Å². The molecule has 2 aromatic rings. The topological polar surface area (TPSA) is 32.8 Å². The molecule has 1 saturated heterocycles. The Labute approximate surface area is 143 Å². The SMILES string of the molecule is CN(C)C(C(=O)N1CCOC(c2ccccc2)C1)c1ccccc1. The van der Waals surface area contributed by atoms with Crippen LogP contribution >= 0.6 is 0 Å². The summed E-state index contributed by atoms with van der Waals surface area (Å²) in [5, 5.41) is 0. The van der Waals surface area contributed by atoms with E-state index < -0.39 is 0 Å². The predicted octanol–water partition coefficient (Wildman–Crippen LogP) is 2.89. The van der Waals surface area contributed by atoms with Gasteiger partial charge in [0.25, 0.3) is 0 Å². The van der Waals surface area contributed by atoms with Gasteiger partial charge in [0.1, 0.15) is 12.1 Å². The number of rotatable bonds is 4. The van der Waals surface area contributed by atoms with Gasteiger partial charge < -0.3 is 9.64 Å². The number of amides is 1. The van der Waals surface area contributed by atoms with Gasteiger partial charge in [0.05, 0.1) is 13.2 Å². The molecule has 1 heterocycles. The minimum atomic E-state index is -0.263. The Hall–Kier alpha value is -2.17. The van der Waals surface area contributed by atoms with Crippen molar-refractivity contribution in [1.29, 1.82) is 0 Å². The highest BCUT2D eigenvalue weighted by Gasteiger charge is 2.31. The normalized spacial score (nSPS) is 19.3. The third kappa shape index (κ3) is 3.66. The fourth-order valence-corrected chi connectivity index (χ4v) is 3.19. The minimum Gasteiger partial charge on any atom is -0.370 e. The first-order valence-electron chi connectivity index (χ1n) is 8.33. The third-order valence-corrected chi connectivity index (χ3v) is 4.42. The Bertz CT molecular complexity index is 658. The van der Waals surface area contributed by atoms with Crippen LogP contribution in [0.3, 0.4) is 0 Å². The van der Waals surface area contributed by atoms with E-state index in [9.17, 15) is 4.79 Å². The van der Waals surface area contributed by atoms with Crippen molar-refractivity contribution in [3.8, 4) is 0 Å². The number of carbonyl (C=O) groups is 1. The van der Waals surface area contributed by atoms with Crippen molar-refractivity contribution >= 4 is 5.91 Å². The number of carbonyl (C=O) groups excluding carboxylic acids is 1. The second kappa shape index (κ2) is 7.60. The maximum atomic E-state index is 13.1. The van der Waals surface area contributed by atoms with Gasteiger partial charge >= 0.3 is 0 Å². The molecule has 1 amide bonds. The number of ether oxygens (including phenoxy) is 1. The molecule has 0 aromatic heterocycles. The number of hydrogen-bond donors (Lipinski definition) is 0. The molecule has 0 N–H and O–H groups in total. The van der Waals surface area contributed by atoms with Crippen molar-refractivity contribution in [2.45, 2.75) is 12.1 Å². The van der Waals surface area contributed by atoms with Gasteiger partial charge in [-0.05, 0) is 25.2 Å². The highest BCUT2D eigenvalue weighted by molar-refractivity contribution is 5.83. The zero-order valence-electron chi connectivity index (χ0n) is 14.3. The lowest BCUT2D eigenvalue weighted by molar-refractivity contribution is -0.144. The van der Waals surface area contributed by atoms with Gasteiger partial charge in [-0.15, -0.1) is 0 Å². The summed E-state index contributed by atoms with van der Waals surface area (Å²) < 4.78 is 5.88. The smallest absolute Gasteiger partial charge is 0.244 e. The maximum Gasteiger partial charge on any atom is 0.244 e. The molecule has 0 aliphatic carbocycles. The Morgan fingerprint density at radius 3 is 2.33 bits per heavy atom. The molecule has 2 aromatic carbocycles. The zero-order chi connectivity index (χ0) is 16.9. The van der Waals surface area contributed by atoms with Crippen LogP contribution in [0.2, 0.25) is 0 Å². The van der Waals surface area contributed by atoms with Crippen LogP contribution < -0.4 is 0 Å². The van der Waals surface area contributed by atoms with Crippen molar-refractivity contribution in [2.75, 3.05) is 33.8 Å². The molecule has 3 rings (SSSR count). The summed E-state index contributed by atoms with van der Waals surface area (Å²) in [6.45, 7) is 1.81. The van der Waals surface area contributed by atoms with Gasteiger partial charge in [-0.25, -0.2) is 0 Å². The summed E-state index contributed by atoms with van der Waals surface area (Å²) in [5.41, 5.74) is 2.14. The molecule has 4 heteroatoms. The fraction of sp³-hybridized carbons (Fsp3) is 0.350. The first kappa shape index (κ1) is 16.7. The second-order valence-electron chi connectivity index (χ2n) is 6.33. The standard InChI is InChI=1S/C20H24N2O2/c1-21(2)19(17-11-7-4-8-12-17)20(23)22-13-14-24-18(15-22)16-9-5-3-6-10-16/h3-12,18-19H,13-15H2,1-2H3. The molecule has 2 atom stereocenters. The van der Waals surface area contributed by atoms with Gasteiger partial charge in [0, 0.05) is 6.54 Å². The van der Waals surface area contributed by atoms with Crippen LogP contribution in [0.5, 0.6) is 0 Å². The average molecular weight is 324 g/mol. The molecule has 1 aliphatic rings. The fourth-order valence-electron chi connectivity index (χ4n) is 3.19. The number of likely N-dealkylation sites (N-methyl/N-ethyl adjacent to an activating group) is 1. The number of morpholine rings is 1. The maximum absolute atomic E-state index is 13.1. The highest BCUT2D eigenvalue weighted by Crippen LogP contribution is 2.26. The second-order valence-corrected chi connectivity index (χ2v) is 6.33. The van der Waals surface area contributed by atoms with E-state index in [4.69, 9.17) is 4.74 Å². The highest BCUT2D eigenvalue weighted by atomic mass is 16.5. The van der Waals surface area contributed by atoms with E-state index in [1.807, 2.05) is 72.4 Å². The predicted molar refractivity (Wildman–Crippen MR) is 94.6 cm³/mol. The molecule has 4 nitrogen and oxygen atoms in total. The van der Waals surface area contributed by atoms with Crippen LogP contribution in [0.1, 0.15) is 23.3 Å². The van der Waals surface area contributed by atoms with Crippen molar-refractivity contribution in [3.05, 3.63) is 71.8 Å². The van der Waals surface area contributed by atoms with E-state index in [2.05, 4.69) is 12.1 Å². The van der Waals surface area contributed by atoms with Crippen LogP contribution in [-0.2, 0) is 9.53 Å². The first-order chi connectivity index (χ1) is 11.7. The minimum absolute atomic E-state index is 0.0533. The molecular weight excluding hydrogens is 300 g/mol. The van der Waals surface area contributed by atoms with Gasteiger partial charge in [0.2, 0.25) is 5.91 Å². The van der Waals surface area contributed by atoms with Crippen molar-refractivity contribution < 1.29 is 9.53 Å². The van der Waals surface area contributed by atoms with Crippen LogP contribution in [0.4, 0.5) is 0 Å².